The van der Waals surface area contributed by atoms with Gasteiger partial charge in [-0.3, -0.25) is 0 Å². The Morgan fingerprint density at radius 2 is 1.71 bits per heavy atom. The maximum atomic E-state index is 14.2. The minimum atomic E-state index is -0.192. The zero-order valence-electron chi connectivity index (χ0n) is 12.3. The van der Waals surface area contributed by atoms with Gasteiger partial charge >= 0.3 is 0 Å². The molecule has 4 heteroatoms. The maximum absolute atomic E-state index is 14.2. The molecule has 0 aliphatic carbocycles. The van der Waals surface area contributed by atoms with E-state index in [4.69, 9.17) is 0 Å². The lowest BCUT2D eigenvalue weighted by Crippen LogP contribution is -2.23. The number of nitrogens with one attached hydrogen (secondary N) is 1. The van der Waals surface area contributed by atoms with Crippen LogP contribution in [0.3, 0.4) is 0 Å². The topological polar surface area (TPSA) is 12.0 Å². The van der Waals surface area contributed by atoms with Crippen molar-refractivity contribution >= 4 is 31.9 Å². The fourth-order valence-electron chi connectivity index (χ4n) is 2.49. The van der Waals surface area contributed by atoms with Crippen LogP contribution in [0.1, 0.15) is 35.2 Å². The van der Waals surface area contributed by atoms with Gasteiger partial charge in [0, 0.05) is 14.5 Å². The molecule has 0 aliphatic rings. The minimum absolute atomic E-state index is 0.155. The molecule has 0 spiro atoms. The van der Waals surface area contributed by atoms with Crippen LogP contribution >= 0.6 is 31.9 Å². The van der Waals surface area contributed by atoms with Crippen molar-refractivity contribution in [2.45, 2.75) is 26.8 Å². The van der Waals surface area contributed by atoms with Crippen molar-refractivity contribution in [1.82, 2.24) is 5.32 Å². The molecular weight excluding hydrogens is 397 g/mol. The van der Waals surface area contributed by atoms with Gasteiger partial charge in [0.15, 0.2) is 0 Å². The largest absolute Gasteiger partial charge is 0.306 e. The van der Waals surface area contributed by atoms with E-state index in [0.717, 1.165) is 32.2 Å². The molecule has 1 N–H and O–H groups in total. The van der Waals surface area contributed by atoms with E-state index >= 15 is 0 Å². The molecule has 1 unspecified atom stereocenters. The second-order valence-corrected chi connectivity index (χ2v) is 6.83. The molecule has 1 nitrogen and oxygen atoms in total. The van der Waals surface area contributed by atoms with Crippen LogP contribution in [-0.2, 0) is 0 Å². The zero-order chi connectivity index (χ0) is 15.6. The van der Waals surface area contributed by atoms with Crippen molar-refractivity contribution in [3.63, 3.8) is 0 Å². The highest BCUT2D eigenvalue weighted by Gasteiger charge is 2.18. The van der Waals surface area contributed by atoms with E-state index in [0.29, 0.717) is 5.56 Å². The summed E-state index contributed by atoms with van der Waals surface area (Å²) in [6.45, 7) is 6.91. The van der Waals surface area contributed by atoms with E-state index in [2.05, 4.69) is 63.2 Å². The van der Waals surface area contributed by atoms with Gasteiger partial charge in [-0.2, -0.15) is 0 Å². The zero-order valence-corrected chi connectivity index (χ0v) is 15.5. The monoisotopic (exact) mass is 413 g/mol. The number of aryl methyl sites for hydroxylation is 2. The Hall–Kier alpha value is -0.710. The molecular formula is C17H18Br2FN. The summed E-state index contributed by atoms with van der Waals surface area (Å²) in [5, 5.41) is 3.38. The number of hydrogen-bond acceptors (Lipinski definition) is 1. The molecule has 21 heavy (non-hydrogen) atoms. The molecule has 0 radical (unpaired) electrons. The van der Waals surface area contributed by atoms with Crippen molar-refractivity contribution in [2.24, 2.45) is 0 Å². The summed E-state index contributed by atoms with van der Waals surface area (Å²) in [7, 11) is 0. The standard InChI is InChI=1S/C17H18Br2FN/c1-4-21-17(14-9-13(18)5-6-15(14)20)12-7-10(2)16(19)11(3)8-12/h5-9,17,21H,4H2,1-3H3. The smallest absolute Gasteiger partial charge is 0.128 e. The first-order valence-electron chi connectivity index (χ1n) is 6.89. The van der Waals surface area contributed by atoms with Gasteiger partial charge in [0.2, 0.25) is 0 Å². The highest BCUT2D eigenvalue weighted by Crippen LogP contribution is 2.31. The average molecular weight is 415 g/mol. The quantitative estimate of drug-likeness (QED) is 0.679. The number of halogens is 3. The highest BCUT2D eigenvalue weighted by molar-refractivity contribution is 9.10. The maximum Gasteiger partial charge on any atom is 0.128 e. The number of rotatable bonds is 4. The number of hydrogen-bond donors (Lipinski definition) is 1. The molecule has 0 amide bonds. The molecule has 0 saturated carbocycles. The van der Waals surface area contributed by atoms with Gasteiger partial charge in [-0.25, -0.2) is 4.39 Å². The lowest BCUT2D eigenvalue weighted by Gasteiger charge is -2.21. The second kappa shape index (κ2) is 7.03. The van der Waals surface area contributed by atoms with Gasteiger partial charge in [0.25, 0.3) is 0 Å². The van der Waals surface area contributed by atoms with Crippen molar-refractivity contribution in [1.29, 1.82) is 0 Å². The SMILES string of the molecule is CCNC(c1cc(C)c(Br)c(C)c1)c1cc(Br)ccc1F. The summed E-state index contributed by atoms with van der Waals surface area (Å²) < 4.78 is 16.2. The third kappa shape index (κ3) is 3.74. The Balaban J connectivity index is 2.56. The predicted octanol–water partition coefficient (Wildman–Crippen LogP) is 5.67. The Bertz CT molecular complexity index is 632. The van der Waals surface area contributed by atoms with Crippen LogP contribution in [0.5, 0.6) is 0 Å². The Kier molecular flexibility index (Phi) is 5.58. The fraction of sp³-hybridized carbons (Fsp3) is 0.294. The molecule has 112 valence electrons. The first-order chi connectivity index (χ1) is 9.93. The van der Waals surface area contributed by atoms with Gasteiger partial charge in [0.1, 0.15) is 5.82 Å². The summed E-state index contributed by atoms with van der Waals surface area (Å²) in [6, 6.07) is 9.12. The van der Waals surface area contributed by atoms with Crippen LogP contribution in [0, 0.1) is 19.7 Å². The summed E-state index contributed by atoms with van der Waals surface area (Å²) in [4.78, 5) is 0. The Labute approximate surface area is 142 Å². The molecule has 0 aromatic heterocycles. The van der Waals surface area contributed by atoms with E-state index in [1.54, 1.807) is 6.07 Å². The van der Waals surface area contributed by atoms with Crippen LogP contribution in [0.4, 0.5) is 4.39 Å². The molecule has 0 aliphatic heterocycles. The minimum Gasteiger partial charge on any atom is -0.306 e. The van der Waals surface area contributed by atoms with E-state index in [-0.39, 0.29) is 11.9 Å². The summed E-state index contributed by atoms with van der Waals surface area (Å²) in [6.07, 6.45) is 0. The Morgan fingerprint density at radius 3 is 2.29 bits per heavy atom. The molecule has 0 fully saturated rings. The molecule has 2 aromatic rings. The lowest BCUT2D eigenvalue weighted by atomic mass is 9.95. The van der Waals surface area contributed by atoms with Crippen molar-refractivity contribution in [3.05, 3.63) is 67.3 Å². The summed E-state index contributed by atoms with van der Waals surface area (Å²) in [5.74, 6) is -0.192. The molecule has 0 saturated heterocycles. The van der Waals surface area contributed by atoms with E-state index in [1.807, 2.05) is 13.0 Å². The van der Waals surface area contributed by atoms with Crippen LogP contribution in [0.15, 0.2) is 39.3 Å². The Morgan fingerprint density at radius 1 is 1.10 bits per heavy atom. The first kappa shape index (κ1) is 16.7. The summed E-state index contributed by atoms with van der Waals surface area (Å²) in [5.41, 5.74) is 4.05. The number of benzene rings is 2. The van der Waals surface area contributed by atoms with E-state index < -0.39 is 0 Å². The fourth-order valence-corrected chi connectivity index (χ4v) is 3.10. The third-order valence-electron chi connectivity index (χ3n) is 3.47. The van der Waals surface area contributed by atoms with Gasteiger partial charge in [-0.1, -0.05) is 50.9 Å². The van der Waals surface area contributed by atoms with Gasteiger partial charge < -0.3 is 5.32 Å². The second-order valence-electron chi connectivity index (χ2n) is 5.13. The van der Waals surface area contributed by atoms with Crippen molar-refractivity contribution < 1.29 is 4.39 Å². The van der Waals surface area contributed by atoms with E-state index in [1.165, 1.54) is 6.07 Å². The van der Waals surface area contributed by atoms with Crippen LogP contribution in [0.25, 0.3) is 0 Å². The average Bonchev–Trinajstić information content (AvgIpc) is 2.44. The lowest BCUT2D eigenvalue weighted by molar-refractivity contribution is 0.558. The molecule has 2 aromatic carbocycles. The summed E-state index contributed by atoms with van der Waals surface area (Å²) >= 11 is 7.01. The highest BCUT2D eigenvalue weighted by atomic mass is 79.9. The predicted molar refractivity (Wildman–Crippen MR) is 93.2 cm³/mol. The van der Waals surface area contributed by atoms with Crippen LogP contribution < -0.4 is 5.32 Å². The normalized spacial score (nSPS) is 12.5. The van der Waals surface area contributed by atoms with Crippen LogP contribution in [0.2, 0.25) is 0 Å². The van der Waals surface area contributed by atoms with Crippen LogP contribution in [-0.4, -0.2) is 6.54 Å². The first-order valence-corrected chi connectivity index (χ1v) is 8.47. The van der Waals surface area contributed by atoms with E-state index in [9.17, 15) is 4.39 Å². The third-order valence-corrected chi connectivity index (χ3v) is 5.21. The molecule has 1 atom stereocenters. The van der Waals surface area contributed by atoms with Gasteiger partial charge in [-0.05, 0) is 55.3 Å². The molecule has 0 heterocycles. The van der Waals surface area contributed by atoms with Gasteiger partial charge in [-0.15, -0.1) is 0 Å². The van der Waals surface area contributed by atoms with Crippen molar-refractivity contribution in [2.75, 3.05) is 6.54 Å². The van der Waals surface area contributed by atoms with Gasteiger partial charge in [0.05, 0.1) is 6.04 Å². The van der Waals surface area contributed by atoms with Crippen molar-refractivity contribution in [3.8, 4) is 0 Å². The molecule has 2 rings (SSSR count). The molecule has 0 bridgehead atoms.